The van der Waals surface area contributed by atoms with Crippen molar-refractivity contribution in [1.82, 2.24) is 9.21 Å². The highest BCUT2D eigenvalue weighted by Gasteiger charge is 2.29. The number of morpholine rings is 1. The van der Waals surface area contributed by atoms with Crippen LogP contribution in [0, 0.1) is 6.92 Å². The number of benzene rings is 1. The van der Waals surface area contributed by atoms with Gasteiger partial charge in [0.25, 0.3) is 0 Å². The molecule has 1 aromatic rings. The number of aliphatic hydroxyl groups excluding tert-OH is 1. The van der Waals surface area contributed by atoms with Gasteiger partial charge in [-0.3, -0.25) is 9.69 Å². The van der Waals surface area contributed by atoms with Crippen molar-refractivity contribution in [2.24, 2.45) is 0 Å². The average molecular weight is 412 g/mol. The average Bonchev–Trinajstić information content (AvgIpc) is 2.69. The summed E-state index contributed by atoms with van der Waals surface area (Å²) in [5, 5.41) is 12.7. The number of rotatable bonds is 5. The Balaban J connectivity index is 1.74. The second-order valence-electron chi connectivity index (χ2n) is 7.45. The van der Waals surface area contributed by atoms with E-state index in [2.05, 4.69) is 5.32 Å². The lowest BCUT2D eigenvalue weighted by Crippen LogP contribution is -2.48. The van der Waals surface area contributed by atoms with Gasteiger partial charge in [0.2, 0.25) is 15.9 Å². The zero-order valence-corrected chi connectivity index (χ0v) is 17.2. The monoisotopic (exact) mass is 411 g/mol. The number of nitrogens with zero attached hydrogens (tertiary/aromatic N) is 2. The number of β-amino-alcohol motifs (C(OH)–C–C–N with tert-alkyl or cyclic N) is 1. The molecule has 2 atom stereocenters. The van der Waals surface area contributed by atoms with Gasteiger partial charge in [0.05, 0.1) is 30.3 Å². The number of hydrogen-bond acceptors (Lipinski definition) is 6. The Kier molecular flexibility index (Phi) is 6.72. The highest BCUT2D eigenvalue weighted by atomic mass is 32.2. The predicted octanol–water partition coefficient (Wildman–Crippen LogP) is 0.800. The molecule has 1 amide bonds. The molecule has 0 aromatic heterocycles. The van der Waals surface area contributed by atoms with E-state index in [0.29, 0.717) is 44.1 Å². The van der Waals surface area contributed by atoms with Gasteiger partial charge in [-0.15, -0.1) is 0 Å². The molecule has 2 aliphatic rings. The maximum Gasteiger partial charge on any atom is 0.243 e. The lowest BCUT2D eigenvalue weighted by Gasteiger charge is -2.34. The summed E-state index contributed by atoms with van der Waals surface area (Å²) in [5.41, 5.74) is 1.09. The van der Waals surface area contributed by atoms with E-state index in [1.54, 1.807) is 26.0 Å². The van der Waals surface area contributed by atoms with Gasteiger partial charge in [-0.25, -0.2) is 8.42 Å². The number of likely N-dealkylation sites (tertiary alicyclic amines) is 1. The van der Waals surface area contributed by atoms with Crippen LogP contribution in [0.2, 0.25) is 0 Å². The fourth-order valence-corrected chi connectivity index (χ4v) is 5.29. The summed E-state index contributed by atoms with van der Waals surface area (Å²) in [6, 6.07) is 4.53. The first-order valence-electron chi connectivity index (χ1n) is 9.70. The molecule has 0 radical (unpaired) electrons. The fourth-order valence-electron chi connectivity index (χ4n) is 3.63. The number of sulfonamides is 1. The van der Waals surface area contributed by atoms with Crippen LogP contribution >= 0.6 is 0 Å². The van der Waals surface area contributed by atoms with E-state index in [9.17, 15) is 18.3 Å². The van der Waals surface area contributed by atoms with Gasteiger partial charge >= 0.3 is 0 Å². The number of anilines is 1. The third-order valence-electron chi connectivity index (χ3n) is 5.40. The van der Waals surface area contributed by atoms with Crippen LogP contribution in [-0.2, 0) is 19.6 Å². The van der Waals surface area contributed by atoms with Crippen LogP contribution in [0.4, 0.5) is 5.69 Å². The largest absolute Gasteiger partial charge is 0.392 e. The molecule has 9 heteroatoms. The summed E-state index contributed by atoms with van der Waals surface area (Å²) in [6.45, 7) is 6.19. The highest BCUT2D eigenvalue weighted by molar-refractivity contribution is 7.89. The minimum Gasteiger partial charge on any atom is -0.392 e. The molecular weight excluding hydrogens is 382 g/mol. The minimum absolute atomic E-state index is 0.202. The normalized spacial score (nSPS) is 23.3. The maximum absolute atomic E-state index is 13.0. The van der Waals surface area contributed by atoms with Crippen LogP contribution in [0.1, 0.15) is 25.3 Å². The van der Waals surface area contributed by atoms with E-state index in [0.717, 1.165) is 19.4 Å². The van der Waals surface area contributed by atoms with Gasteiger partial charge in [-0.05, 0) is 50.9 Å². The second-order valence-corrected chi connectivity index (χ2v) is 9.36. The highest BCUT2D eigenvalue weighted by Crippen LogP contribution is 2.25. The summed E-state index contributed by atoms with van der Waals surface area (Å²) in [7, 11) is -3.64. The Labute approximate surface area is 166 Å². The number of aryl methyl sites for hydroxylation is 1. The van der Waals surface area contributed by atoms with Crippen molar-refractivity contribution in [3.63, 3.8) is 0 Å². The Morgan fingerprint density at radius 2 is 2.00 bits per heavy atom. The molecular formula is C19H29N3O5S. The quantitative estimate of drug-likeness (QED) is 0.744. The summed E-state index contributed by atoms with van der Waals surface area (Å²) in [5.74, 6) is -0.215. The van der Waals surface area contributed by atoms with Crippen molar-refractivity contribution in [1.29, 1.82) is 0 Å². The van der Waals surface area contributed by atoms with Crippen molar-refractivity contribution in [2.45, 2.75) is 43.7 Å². The van der Waals surface area contributed by atoms with Crippen LogP contribution in [0.5, 0.6) is 0 Å². The van der Waals surface area contributed by atoms with E-state index in [-0.39, 0.29) is 10.8 Å². The first-order chi connectivity index (χ1) is 13.3. The molecule has 2 N–H and O–H groups in total. The number of amides is 1. The number of piperidine rings is 1. The molecule has 0 bridgehead atoms. The van der Waals surface area contributed by atoms with Crippen molar-refractivity contribution in [3.05, 3.63) is 23.8 Å². The van der Waals surface area contributed by atoms with Gasteiger partial charge in [0.1, 0.15) is 0 Å². The molecule has 1 aromatic carbocycles. The molecule has 2 unspecified atom stereocenters. The van der Waals surface area contributed by atoms with E-state index in [4.69, 9.17) is 4.74 Å². The maximum atomic E-state index is 13.0. The molecule has 2 saturated heterocycles. The molecule has 2 fully saturated rings. The lowest BCUT2D eigenvalue weighted by atomic mass is 10.1. The number of aliphatic hydroxyl groups is 1. The molecule has 3 rings (SSSR count). The first-order valence-corrected chi connectivity index (χ1v) is 11.1. The van der Waals surface area contributed by atoms with Gasteiger partial charge in [-0.2, -0.15) is 4.31 Å². The Hall–Kier alpha value is -1.52. The Bertz CT molecular complexity index is 808. The molecule has 2 heterocycles. The SMILES string of the molecule is Cc1ccc(NC(=O)C(C)N2CCCC(O)C2)cc1S(=O)(=O)N1CCOCC1. The van der Waals surface area contributed by atoms with E-state index in [1.165, 1.54) is 10.4 Å². The number of hydrogen-bond donors (Lipinski definition) is 2. The van der Waals surface area contributed by atoms with Crippen LogP contribution in [0.25, 0.3) is 0 Å². The number of carbonyl (C=O) groups excluding carboxylic acids is 1. The van der Waals surface area contributed by atoms with Crippen LogP contribution in [0.3, 0.4) is 0 Å². The summed E-state index contributed by atoms with van der Waals surface area (Å²) in [6.07, 6.45) is 1.20. The molecule has 156 valence electrons. The minimum atomic E-state index is -3.64. The smallest absolute Gasteiger partial charge is 0.243 e. The van der Waals surface area contributed by atoms with Crippen LogP contribution < -0.4 is 5.32 Å². The zero-order chi connectivity index (χ0) is 20.3. The second kappa shape index (κ2) is 8.87. The van der Waals surface area contributed by atoms with Crippen LogP contribution in [0.15, 0.2) is 23.1 Å². The topological polar surface area (TPSA) is 99.2 Å². The van der Waals surface area contributed by atoms with Crippen molar-refractivity contribution < 1.29 is 23.1 Å². The van der Waals surface area contributed by atoms with E-state index < -0.39 is 22.2 Å². The molecule has 0 spiro atoms. The summed E-state index contributed by atoms with van der Waals surface area (Å²) in [4.78, 5) is 14.8. The van der Waals surface area contributed by atoms with Gasteiger partial charge < -0.3 is 15.2 Å². The molecule has 28 heavy (non-hydrogen) atoms. The fraction of sp³-hybridized carbons (Fsp3) is 0.632. The molecule has 2 aliphatic heterocycles. The van der Waals surface area contributed by atoms with Crippen LogP contribution in [-0.4, -0.2) is 80.2 Å². The van der Waals surface area contributed by atoms with E-state index >= 15 is 0 Å². The van der Waals surface area contributed by atoms with Gasteiger partial charge in [0.15, 0.2) is 0 Å². The summed E-state index contributed by atoms with van der Waals surface area (Å²) >= 11 is 0. The summed E-state index contributed by atoms with van der Waals surface area (Å²) < 4.78 is 32.6. The molecule has 0 saturated carbocycles. The predicted molar refractivity (Wildman–Crippen MR) is 106 cm³/mol. The van der Waals surface area contributed by atoms with Crippen molar-refractivity contribution in [2.75, 3.05) is 44.7 Å². The van der Waals surface area contributed by atoms with E-state index in [1.807, 2.05) is 4.90 Å². The number of nitrogens with one attached hydrogen (secondary N) is 1. The Morgan fingerprint density at radius 3 is 2.68 bits per heavy atom. The molecule has 0 aliphatic carbocycles. The standard InChI is InChI=1S/C19H29N3O5S/c1-14-5-6-16(12-18(14)28(25,26)22-8-10-27-11-9-22)20-19(24)15(2)21-7-3-4-17(23)13-21/h5-6,12,15,17,23H,3-4,7-11,13H2,1-2H3,(H,20,24). The third-order valence-corrected chi connectivity index (χ3v) is 7.44. The lowest BCUT2D eigenvalue weighted by molar-refractivity contribution is -0.121. The zero-order valence-electron chi connectivity index (χ0n) is 16.4. The van der Waals surface area contributed by atoms with Crippen molar-refractivity contribution in [3.8, 4) is 0 Å². The third kappa shape index (κ3) is 4.72. The van der Waals surface area contributed by atoms with Crippen molar-refractivity contribution >= 4 is 21.6 Å². The Morgan fingerprint density at radius 1 is 1.29 bits per heavy atom. The van der Waals surface area contributed by atoms with Gasteiger partial charge in [-0.1, -0.05) is 6.07 Å². The van der Waals surface area contributed by atoms with Gasteiger partial charge in [0, 0.05) is 25.3 Å². The first kappa shape index (κ1) is 21.2. The number of ether oxygens (including phenoxy) is 1. The molecule has 8 nitrogen and oxygen atoms in total. The number of carbonyl (C=O) groups is 1.